The average Bonchev–Trinajstić information content (AvgIpc) is 2.93. The summed E-state index contributed by atoms with van der Waals surface area (Å²) in [5.74, 6) is 1.33. The van der Waals surface area contributed by atoms with Crippen LogP contribution in [0.2, 0.25) is 0 Å². The summed E-state index contributed by atoms with van der Waals surface area (Å²) < 4.78 is 0. The van der Waals surface area contributed by atoms with E-state index in [-0.39, 0.29) is 0 Å². The fourth-order valence-electron chi connectivity index (χ4n) is 3.02. The fourth-order valence-corrected chi connectivity index (χ4v) is 3.02. The summed E-state index contributed by atoms with van der Waals surface area (Å²) in [4.78, 5) is 7.07. The van der Waals surface area contributed by atoms with Crippen molar-refractivity contribution in [3.05, 3.63) is 0 Å². The highest BCUT2D eigenvalue weighted by Gasteiger charge is 2.15. The van der Waals surface area contributed by atoms with Crippen LogP contribution in [-0.2, 0) is 0 Å². The normalized spacial score (nSPS) is 14.8. The number of aliphatic imine (C=N–C) groups is 1. The molecule has 0 aromatic heterocycles. The molecule has 0 aromatic carbocycles. The Hall–Kier alpha value is -0.570. The molecule has 1 heterocycles. The predicted molar refractivity (Wildman–Crippen MR) is 92.0 cm³/mol. The molecule has 0 bridgehead atoms. The molecule has 21 heavy (non-hydrogen) atoms. The van der Waals surface area contributed by atoms with Gasteiger partial charge in [-0.15, -0.1) is 0 Å². The minimum absolute atomic E-state index is 0.318. The van der Waals surface area contributed by atoms with Crippen LogP contribution in [0.1, 0.15) is 84.0 Å². The van der Waals surface area contributed by atoms with Crippen LogP contribution in [0.15, 0.2) is 4.99 Å². The molecule has 0 aliphatic carbocycles. The van der Waals surface area contributed by atoms with Crippen LogP contribution in [0.3, 0.4) is 0 Å². The van der Waals surface area contributed by atoms with Crippen LogP contribution < -0.4 is 0 Å². The van der Waals surface area contributed by atoms with Gasteiger partial charge in [-0.3, -0.25) is 4.99 Å². The third-order valence-electron chi connectivity index (χ3n) is 4.37. The second kappa shape index (κ2) is 13.1. The van der Waals surface area contributed by atoms with E-state index in [1.54, 1.807) is 0 Å². The quantitative estimate of drug-likeness (QED) is 0.482. The molecule has 0 unspecified atom stereocenters. The Balaban J connectivity index is 1.94. The number of hydrogen-bond donors (Lipinski definition) is 1. The maximum atomic E-state index is 8.85. The third kappa shape index (κ3) is 9.13. The molecule has 1 N–H and O–H groups in total. The second-order valence-corrected chi connectivity index (χ2v) is 6.29. The van der Waals surface area contributed by atoms with Crippen LogP contribution in [0.25, 0.3) is 0 Å². The SMILES string of the molecule is CCCCCCCCCCCC1=NCCN1CCCCO. The monoisotopic (exact) mass is 296 g/mol. The molecule has 1 rings (SSSR count). The minimum Gasteiger partial charge on any atom is -0.396 e. The lowest BCUT2D eigenvalue weighted by atomic mass is 10.1. The molecule has 0 radical (unpaired) electrons. The van der Waals surface area contributed by atoms with Gasteiger partial charge in [0.25, 0.3) is 0 Å². The molecule has 0 aromatic rings. The zero-order chi connectivity index (χ0) is 15.2. The Bertz CT molecular complexity index is 266. The smallest absolute Gasteiger partial charge is 0.0990 e. The Morgan fingerprint density at radius 2 is 1.57 bits per heavy atom. The molecule has 0 spiro atoms. The molecule has 3 heteroatoms. The second-order valence-electron chi connectivity index (χ2n) is 6.29. The lowest BCUT2D eigenvalue weighted by Gasteiger charge is -2.20. The molecule has 0 amide bonds. The minimum atomic E-state index is 0.318. The maximum absolute atomic E-state index is 8.85. The van der Waals surface area contributed by atoms with Gasteiger partial charge in [0, 0.05) is 26.1 Å². The zero-order valence-electron chi connectivity index (χ0n) is 14.2. The van der Waals surface area contributed by atoms with Crippen LogP contribution in [0.4, 0.5) is 0 Å². The van der Waals surface area contributed by atoms with Crippen LogP contribution in [0, 0.1) is 0 Å². The largest absolute Gasteiger partial charge is 0.396 e. The molecule has 0 saturated carbocycles. The summed E-state index contributed by atoms with van der Waals surface area (Å²) in [6.45, 7) is 5.75. The first-order valence-corrected chi connectivity index (χ1v) is 9.27. The highest BCUT2D eigenvalue weighted by Crippen LogP contribution is 2.13. The number of hydrogen-bond acceptors (Lipinski definition) is 3. The molecule has 3 nitrogen and oxygen atoms in total. The summed E-state index contributed by atoms with van der Waals surface area (Å²) in [7, 11) is 0. The van der Waals surface area contributed by atoms with E-state index in [9.17, 15) is 0 Å². The first-order chi connectivity index (χ1) is 10.4. The Kier molecular flexibility index (Phi) is 11.5. The highest BCUT2D eigenvalue weighted by atomic mass is 16.2. The van der Waals surface area contributed by atoms with Crippen molar-refractivity contribution in [1.29, 1.82) is 0 Å². The summed E-state index contributed by atoms with van der Waals surface area (Å²) in [6.07, 6.45) is 15.7. The van der Waals surface area contributed by atoms with Crippen LogP contribution >= 0.6 is 0 Å². The summed E-state index contributed by atoms with van der Waals surface area (Å²) in [6, 6.07) is 0. The lowest BCUT2D eigenvalue weighted by molar-refractivity contribution is 0.277. The molecule has 1 aliphatic rings. The van der Waals surface area contributed by atoms with Crippen molar-refractivity contribution in [1.82, 2.24) is 4.90 Å². The number of aliphatic hydroxyl groups is 1. The van der Waals surface area contributed by atoms with Crippen molar-refractivity contribution in [2.24, 2.45) is 4.99 Å². The van der Waals surface area contributed by atoms with Gasteiger partial charge in [-0.25, -0.2) is 0 Å². The van der Waals surface area contributed by atoms with Gasteiger partial charge in [0.2, 0.25) is 0 Å². The molecule has 0 atom stereocenters. The van der Waals surface area contributed by atoms with E-state index in [0.717, 1.165) is 38.9 Å². The standard InChI is InChI=1S/C18H36N2O/c1-2-3-4-5-6-7-8-9-10-13-18-19-14-16-20(18)15-11-12-17-21/h21H,2-17H2,1H3. The zero-order valence-corrected chi connectivity index (χ0v) is 14.2. The van der Waals surface area contributed by atoms with E-state index in [1.165, 1.54) is 63.6 Å². The first-order valence-electron chi connectivity index (χ1n) is 9.27. The molecule has 0 saturated heterocycles. The molecule has 1 aliphatic heterocycles. The summed E-state index contributed by atoms with van der Waals surface area (Å²) >= 11 is 0. The van der Waals surface area contributed by atoms with Crippen molar-refractivity contribution in [2.45, 2.75) is 84.0 Å². The number of nitrogens with zero attached hydrogens (tertiary/aromatic N) is 2. The van der Waals surface area contributed by atoms with Crippen molar-refractivity contribution in [3.8, 4) is 0 Å². The molecule has 0 fully saturated rings. The topological polar surface area (TPSA) is 35.8 Å². The van der Waals surface area contributed by atoms with Crippen LogP contribution in [-0.4, -0.2) is 42.1 Å². The average molecular weight is 296 g/mol. The summed E-state index contributed by atoms with van der Waals surface area (Å²) in [5, 5.41) is 8.85. The van der Waals surface area contributed by atoms with Gasteiger partial charge >= 0.3 is 0 Å². The van der Waals surface area contributed by atoms with Gasteiger partial charge in [0.15, 0.2) is 0 Å². The van der Waals surface area contributed by atoms with Gasteiger partial charge < -0.3 is 10.0 Å². The predicted octanol–water partition coefficient (Wildman–Crippen LogP) is 4.39. The maximum Gasteiger partial charge on any atom is 0.0990 e. The Morgan fingerprint density at radius 3 is 2.24 bits per heavy atom. The van der Waals surface area contributed by atoms with Gasteiger partial charge in [-0.2, -0.15) is 0 Å². The number of amidine groups is 1. The van der Waals surface area contributed by atoms with E-state index >= 15 is 0 Å². The Morgan fingerprint density at radius 1 is 0.905 bits per heavy atom. The van der Waals surface area contributed by atoms with Crippen molar-refractivity contribution in [3.63, 3.8) is 0 Å². The first kappa shape index (κ1) is 18.5. The van der Waals surface area contributed by atoms with E-state index in [4.69, 9.17) is 5.11 Å². The van der Waals surface area contributed by atoms with E-state index < -0.39 is 0 Å². The van der Waals surface area contributed by atoms with Gasteiger partial charge in [0.05, 0.1) is 12.4 Å². The lowest BCUT2D eigenvalue weighted by Crippen LogP contribution is -2.28. The van der Waals surface area contributed by atoms with Crippen LogP contribution in [0.5, 0.6) is 0 Å². The number of unbranched alkanes of at least 4 members (excludes halogenated alkanes) is 9. The fraction of sp³-hybridized carbons (Fsp3) is 0.944. The van der Waals surface area contributed by atoms with Crippen molar-refractivity contribution >= 4 is 5.84 Å². The molecular weight excluding hydrogens is 260 g/mol. The number of aliphatic hydroxyl groups excluding tert-OH is 1. The molecular formula is C18H36N2O. The Labute approximate surface area is 131 Å². The van der Waals surface area contributed by atoms with E-state index in [0.29, 0.717) is 6.61 Å². The summed E-state index contributed by atoms with van der Waals surface area (Å²) in [5.41, 5.74) is 0. The highest BCUT2D eigenvalue weighted by molar-refractivity contribution is 5.83. The van der Waals surface area contributed by atoms with E-state index in [1.807, 2.05) is 0 Å². The van der Waals surface area contributed by atoms with Crippen molar-refractivity contribution < 1.29 is 5.11 Å². The third-order valence-corrected chi connectivity index (χ3v) is 4.37. The van der Waals surface area contributed by atoms with Gasteiger partial charge in [-0.1, -0.05) is 58.3 Å². The molecule has 124 valence electrons. The van der Waals surface area contributed by atoms with Gasteiger partial charge in [-0.05, 0) is 19.3 Å². The number of rotatable bonds is 14. The van der Waals surface area contributed by atoms with Crippen molar-refractivity contribution in [2.75, 3.05) is 26.2 Å². The van der Waals surface area contributed by atoms with Gasteiger partial charge in [0.1, 0.15) is 0 Å². The van der Waals surface area contributed by atoms with E-state index in [2.05, 4.69) is 16.8 Å².